The van der Waals surface area contributed by atoms with Crippen molar-refractivity contribution in [3.05, 3.63) is 61.2 Å². The van der Waals surface area contributed by atoms with E-state index in [4.69, 9.17) is 9.47 Å². The largest absolute Gasteiger partial charge is 0.455 e. The lowest BCUT2D eigenvalue weighted by Gasteiger charge is -2.40. The van der Waals surface area contributed by atoms with Crippen LogP contribution >= 0.6 is 15.9 Å². The molecule has 0 aliphatic carbocycles. The van der Waals surface area contributed by atoms with Crippen LogP contribution in [0.5, 0.6) is 0 Å². The molecule has 3 aliphatic rings. The average Bonchev–Trinajstić information content (AvgIpc) is 3.65. The number of aliphatic hydroxyl groups is 1. The van der Waals surface area contributed by atoms with Gasteiger partial charge >= 0.3 is 5.97 Å². The molecule has 3 saturated heterocycles. The Morgan fingerprint density at radius 3 is 2.51 bits per heavy atom. The molecule has 3 heterocycles. The molecule has 3 fully saturated rings. The molecule has 3 amide bonds. The number of carbonyl (C=O) groups is 4. The lowest BCUT2D eigenvalue weighted by Crippen LogP contribution is -2.60. The molecule has 2 unspecified atom stereocenters. The van der Waals surface area contributed by atoms with E-state index in [-0.39, 0.29) is 42.3 Å². The molecule has 3 aliphatic heterocycles. The molecule has 10 nitrogen and oxygen atoms in total. The molecule has 1 aromatic rings. The summed E-state index contributed by atoms with van der Waals surface area (Å²) in [6, 6.07) is 6.78. The minimum absolute atomic E-state index is 0.124. The Kier molecular flexibility index (Phi) is 12.5. The average molecular weight is 717 g/mol. The number of benzene rings is 1. The first-order valence-electron chi connectivity index (χ1n) is 16.8. The highest BCUT2D eigenvalue weighted by Gasteiger charge is 2.77. The van der Waals surface area contributed by atoms with Crippen LogP contribution < -0.4 is 5.32 Å². The van der Waals surface area contributed by atoms with E-state index in [0.29, 0.717) is 24.8 Å². The first-order valence-corrected chi connectivity index (χ1v) is 17.7. The van der Waals surface area contributed by atoms with Crippen LogP contribution in [0.15, 0.2) is 55.6 Å². The molecule has 0 aromatic heterocycles. The minimum atomic E-state index is -1.29. The number of nitrogens with zero attached hydrogens (tertiary/aromatic N) is 2. The first-order chi connectivity index (χ1) is 22.5. The molecular formula is C36H50BrN3O7. The monoisotopic (exact) mass is 715 g/mol. The number of allylic oxidation sites excluding steroid dienone is 1. The molecule has 2 N–H and O–H groups in total. The van der Waals surface area contributed by atoms with Crippen molar-refractivity contribution in [1.82, 2.24) is 15.1 Å². The summed E-state index contributed by atoms with van der Waals surface area (Å²) in [7, 11) is 0. The van der Waals surface area contributed by atoms with Crippen molar-refractivity contribution in [2.45, 2.75) is 113 Å². The van der Waals surface area contributed by atoms with Crippen LogP contribution in [-0.2, 0) is 28.7 Å². The van der Waals surface area contributed by atoms with Crippen LogP contribution in [0.2, 0.25) is 0 Å². The highest BCUT2D eigenvalue weighted by molar-refractivity contribution is 9.09. The van der Waals surface area contributed by atoms with Gasteiger partial charge in [0.05, 0.1) is 36.6 Å². The summed E-state index contributed by atoms with van der Waals surface area (Å²) < 4.78 is 12.9. The van der Waals surface area contributed by atoms with E-state index in [1.165, 1.54) is 4.90 Å². The van der Waals surface area contributed by atoms with Gasteiger partial charge < -0.3 is 29.7 Å². The Morgan fingerprint density at radius 2 is 1.91 bits per heavy atom. The third-order valence-corrected chi connectivity index (χ3v) is 10.8. The molecule has 11 heteroatoms. The van der Waals surface area contributed by atoms with Gasteiger partial charge in [0, 0.05) is 23.8 Å². The zero-order valence-corrected chi connectivity index (χ0v) is 29.6. The fourth-order valence-corrected chi connectivity index (χ4v) is 8.66. The van der Waals surface area contributed by atoms with Gasteiger partial charge in [-0.1, -0.05) is 78.7 Å². The second-order valence-electron chi connectivity index (χ2n) is 13.0. The van der Waals surface area contributed by atoms with Gasteiger partial charge in [0.2, 0.25) is 17.7 Å². The fourth-order valence-electron chi connectivity index (χ4n) is 7.72. The van der Waals surface area contributed by atoms with Crippen LogP contribution in [0.1, 0.15) is 77.9 Å². The van der Waals surface area contributed by atoms with Gasteiger partial charge in [-0.15, -0.1) is 13.2 Å². The smallest absolute Gasteiger partial charge is 0.313 e. The molecule has 1 aromatic carbocycles. The van der Waals surface area contributed by atoms with Gasteiger partial charge in [-0.2, -0.15) is 0 Å². The Morgan fingerprint density at radius 1 is 1.21 bits per heavy atom. The second kappa shape index (κ2) is 15.9. The number of ether oxygens (including phenoxy) is 2. The maximum absolute atomic E-state index is 14.6. The van der Waals surface area contributed by atoms with Crippen LogP contribution in [-0.4, -0.2) is 92.4 Å². The molecule has 4 rings (SSSR count). The first kappa shape index (κ1) is 36.8. The van der Waals surface area contributed by atoms with E-state index in [9.17, 15) is 24.3 Å². The number of amides is 3. The molecule has 47 heavy (non-hydrogen) atoms. The number of rotatable bonds is 17. The van der Waals surface area contributed by atoms with Crippen molar-refractivity contribution in [1.29, 1.82) is 0 Å². The van der Waals surface area contributed by atoms with Crippen molar-refractivity contribution in [2.24, 2.45) is 11.8 Å². The van der Waals surface area contributed by atoms with Crippen molar-refractivity contribution < 1.29 is 33.8 Å². The van der Waals surface area contributed by atoms with E-state index in [1.807, 2.05) is 44.2 Å². The Balaban J connectivity index is 1.73. The van der Waals surface area contributed by atoms with E-state index >= 15 is 0 Å². The number of carbonyl (C=O) groups excluding carboxylic acids is 4. The van der Waals surface area contributed by atoms with E-state index < -0.39 is 59.6 Å². The topological polar surface area (TPSA) is 125 Å². The zero-order valence-electron chi connectivity index (χ0n) is 28.0. The molecule has 10 atom stereocenters. The Hall–Kier alpha value is -3.02. The summed E-state index contributed by atoms with van der Waals surface area (Å²) in [4.78, 5) is 59.1. The van der Waals surface area contributed by atoms with Gasteiger partial charge in [0.1, 0.15) is 17.7 Å². The van der Waals surface area contributed by atoms with Crippen molar-refractivity contribution in [3.8, 4) is 0 Å². The lowest BCUT2D eigenvalue weighted by atomic mass is 9.70. The number of halogens is 1. The Bertz CT molecular complexity index is 1310. The summed E-state index contributed by atoms with van der Waals surface area (Å²) in [5.74, 6) is -3.49. The van der Waals surface area contributed by atoms with Crippen molar-refractivity contribution in [3.63, 3.8) is 0 Å². The van der Waals surface area contributed by atoms with Gasteiger partial charge in [-0.25, -0.2) is 0 Å². The molecule has 2 bridgehead atoms. The van der Waals surface area contributed by atoms with Gasteiger partial charge in [-0.05, 0) is 45.1 Å². The highest BCUT2D eigenvalue weighted by Crippen LogP contribution is 2.61. The molecule has 0 saturated carbocycles. The second-order valence-corrected chi connectivity index (χ2v) is 14.2. The molecule has 1 spiro atoms. The van der Waals surface area contributed by atoms with Crippen LogP contribution in [0, 0.1) is 11.8 Å². The third kappa shape index (κ3) is 7.08. The third-order valence-electron chi connectivity index (χ3n) is 9.95. The number of hydrogen-bond donors (Lipinski definition) is 2. The van der Waals surface area contributed by atoms with Crippen molar-refractivity contribution in [2.75, 3.05) is 13.2 Å². The standard InChI is InChI=1S/C36H50BrN3O7/c1-7-11-18-27(42)38-23(6)30(24-16-13-12-14-17-24)46-35(45)28-29-33(43)40(25(10-4)21-41)32(36(29)20-26(37)31(28)47-36)34(44)39(19-9-3)22(5)15-8-2/h7,9,12-14,16-17,22-23,25-26,28-32,41H,1,3,8,10-11,15,18-21H2,2,4-6H3,(H,38,42)/t22?,23-,25+,26?,28+,29-,30-,31+,32+,36-/m1/s1. The molecule has 258 valence electrons. The maximum Gasteiger partial charge on any atom is 0.313 e. The fraction of sp³-hybridized carbons (Fsp3) is 0.611. The normalized spacial score (nSPS) is 28.6. The van der Waals surface area contributed by atoms with E-state index in [2.05, 4.69) is 41.3 Å². The minimum Gasteiger partial charge on any atom is -0.455 e. The van der Waals surface area contributed by atoms with Crippen LogP contribution in [0.4, 0.5) is 0 Å². The quantitative estimate of drug-likeness (QED) is 0.139. The summed E-state index contributed by atoms with van der Waals surface area (Å²) in [6.45, 7) is 15.2. The molecular weight excluding hydrogens is 666 g/mol. The Labute approximate surface area is 287 Å². The van der Waals surface area contributed by atoms with Gasteiger partial charge in [-0.3, -0.25) is 19.2 Å². The predicted molar refractivity (Wildman–Crippen MR) is 182 cm³/mol. The number of esters is 1. The van der Waals surface area contributed by atoms with E-state index in [0.717, 1.165) is 12.8 Å². The van der Waals surface area contributed by atoms with Crippen LogP contribution in [0.25, 0.3) is 0 Å². The summed E-state index contributed by atoms with van der Waals surface area (Å²) >= 11 is 3.72. The summed E-state index contributed by atoms with van der Waals surface area (Å²) in [5, 5.41) is 13.4. The number of alkyl halides is 1. The molecule has 0 radical (unpaired) electrons. The number of aliphatic hydroxyl groups excluding tert-OH is 1. The van der Waals surface area contributed by atoms with Crippen LogP contribution in [0.3, 0.4) is 0 Å². The van der Waals surface area contributed by atoms with Gasteiger partial charge in [0.25, 0.3) is 0 Å². The summed E-state index contributed by atoms with van der Waals surface area (Å²) in [6.07, 6.45) is 4.93. The highest BCUT2D eigenvalue weighted by atomic mass is 79.9. The van der Waals surface area contributed by atoms with E-state index in [1.54, 1.807) is 24.0 Å². The number of hydrogen-bond acceptors (Lipinski definition) is 7. The summed E-state index contributed by atoms with van der Waals surface area (Å²) in [5.41, 5.74) is -0.604. The maximum atomic E-state index is 14.6. The number of likely N-dealkylation sites (tertiary alicyclic amines) is 1. The van der Waals surface area contributed by atoms with Gasteiger partial charge in [0.15, 0.2) is 0 Å². The number of nitrogens with one attached hydrogen (secondary N) is 1. The SMILES string of the molecule is C=CCCC(=O)N[C@H](C)[C@@H](OC(=O)[C@@H]1[C@H]2O[C@@]3(CC2Br)[C@H](C(=O)N(CC=C)C(C)CCC)N([C@@H](CC)CO)C(=O)[C@@H]13)c1ccccc1. The lowest BCUT2D eigenvalue weighted by molar-refractivity contribution is -0.162. The zero-order chi connectivity index (χ0) is 34.5. The van der Waals surface area contributed by atoms with Crippen molar-refractivity contribution >= 4 is 39.6 Å². The predicted octanol–water partition coefficient (Wildman–Crippen LogP) is 4.46. The number of fused-ring (bicyclic) bond motifs is 1.